The van der Waals surface area contributed by atoms with Gasteiger partial charge in [-0.05, 0) is 23.6 Å². The normalized spacial score (nSPS) is 12.0. The highest BCUT2D eigenvalue weighted by atomic mass is 32.1. The first kappa shape index (κ1) is 14.8. The number of hydrogen-bond acceptors (Lipinski definition) is 6. The molecule has 0 aliphatic heterocycles. The minimum atomic E-state index is -0.602. The first-order chi connectivity index (χ1) is 10.7. The van der Waals surface area contributed by atoms with E-state index in [4.69, 9.17) is 0 Å². The van der Waals surface area contributed by atoms with Gasteiger partial charge in [-0.3, -0.25) is 9.78 Å². The van der Waals surface area contributed by atoms with Crippen LogP contribution in [0.1, 0.15) is 31.2 Å². The molecule has 1 atom stereocenters. The zero-order chi connectivity index (χ0) is 15.4. The van der Waals surface area contributed by atoms with Crippen LogP contribution in [0, 0.1) is 0 Å². The van der Waals surface area contributed by atoms with Crippen LogP contribution >= 0.6 is 22.7 Å². The van der Waals surface area contributed by atoms with Crippen molar-refractivity contribution in [1.82, 2.24) is 15.3 Å². The van der Waals surface area contributed by atoms with Crippen LogP contribution in [0.5, 0.6) is 0 Å². The van der Waals surface area contributed by atoms with Crippen LogP contribution in [0.15, 0.2) is 48.2 Å². The fourth-order valence-electron chi connectivity index (χ4n) is 1.90. The molecule has 1 amide bonds. The molecule has 112 valence electrons. The Morgan fingerprint density at radius 2 is 2.18 bits per heavy atom. The van der Waals surface area contributed by atoms with Gasteiger partial charge < -0.3 is 10.4 Å². The van der Waals surface area contributed by atoms with Crippen LogP contribution in [0.4, 0.5) is 0 Å². The fourth-order valence-corrected chi connectivity index (χ4v) is 3.66. The molecule has 0 aromatic carbocycles. The van der Waals surface area contributed by atoms with E-state index >= 15 is 0 Å². The highest BCUT2D eigenvalue weighted by molar-refractivity contribution is 7.12. The predicted molar refractivity (Wildman–Crippen MR) is 85.9 cm³/mol. The van der Waals surface area contributed by atoms with Gasteiger partial charge in [0.25, 0.3) is 5.91 Å². The number of thiophene rings is 2. The molecule has 0 saturated heterocycles. The second kappa shape index (κ2) is 6.78. The number of nitrogens with one attached hydrogen (secondary N) is 1. The molecule has 0 aliphatic carbocycles. The number of rotatable bonds is 5. The van der Waals surface area contributed by atoms with Gasteiger partial charge in [-0.15, -0.1) is 22.7 Å². The lowest BCUT2D eigenvalue weighted by Crippen LogP contribution is -2.23. The molecule has 5 nitrogen and oxygen atoms in total. The van der Waals surface area contributed by atoms with Gasteiger partial charge in [0, 0.05) is 27.0 Å². The lowest BCUT2D eigenvalue weighted by atomic mass is 10.2. The third-order valence-electron chi connectivity index (χ3n) is 2.98. The Kier molecular flexibility index (Phi) is 4.57. The number of amides is 1. The van der Waals surface area contributed by atoms with Crippen molar-refractivity contribution in [3.8, 4) is 0 Å². The zero-order valence-corrected chi connectivity index (χ0v) is 13.1. The quantitative estimate of drug-likeness (QED) is 0.753. The summed E-state index contributed by atoms with van der Waals surface area (Å²) in [4.78, 5) is 22.5. The summed E-state index contributed by atoms with van der Waals surface area (Å²) in [6.07, 6.45) is 3.83. The average Bonchev–Trinajstić information content (AvgIpc) is 3.24. The molecule has 0 fully saturated rings. The second-order valence-electron chi connectivity index (χ2n) is 4.50. The summed E-state index contributed by atoms with van der Waals surface area (Å²) in [5, 5.41) is 15.0. The lowest BCUT2D eigenvalue weighted by molar-refractivity contribution is 0.0946. The topological polar surface area (TPSA) is 75.1 Å². The number of hydrogen-bond donors (Lipinski definition) is 2. The van der Waals surface area contributed by atoms with E-state index in [1.165, 1.54) is 41.3 Å². The van der Waals surface area contributed by atoms with E-state index < -0.39 is 6.10 Å². The molecule has 22 heavy (non-hydrogen) atoms. The van der Waals surface area contributed by atoms with Crippen molar-refractivity contribution in [3.05, 3.63) is 68.6 Å². The number of carbonyl (C=O) groups excluding carboxylic acids is 1. The molecule has 1 unspecified atom stereocenters. The average molecular weight is 331 g/mol. The van der Waals surface area contributed by atoms with Crippen molar-refractivity contribution in [3.63, 3.8) is 0 Å². The van der Waals surface area contributed by atoms with Crippen molar-refractivity contribution in [1.29, 1.82) is 0 Å². The minimum Gasteiger partial charge on any atom is -0.382 e. The first-order valence-corrected chi connectivity index (χ1v) is 8.28. The van der Waals surface area contributed by atoms with E-state index in [1.807, 2.05) is 29.6 Å². The van der Waals surface area contributed by atoms with E-state index in [9.17, 15) is 9.90 Å². The number of aliphatic hydroxyl groups excluding tert-OH is 1. The molecular weight excluding hydrogens is 318 g/mol. The van der Waals surface area contributed by atoms with Crippen LogP contribution in [0.25, 0.3) is 0 Å². The van der Waals surface area contributed by atoms with Crippen LogP contribution in [0.3, 0.4) is 0 Å². The second-order valence-corrected chi connectivity index (χ2v) is 6.67. The zero-order valence-electron chi connectivity index (χ0n) is 11.5. The third-order valence-corrected chi connectivity index (χ3v) is 5.05. The SMILES string of the molecule is O=C(NCc1ccc(C(O)c2cccs2)s1)c1cnccn1. The highest BCUT2D eigenvalue weighted by Crippen LogP contribution is 2.30. The monoisotopic (exact) mass is 331 g/mol. The Balaban J connectivity index is 1.61. The number of nitrogens with zero attached hydrogens (tertiary/aromatic N) is 2. The Bertz CT molecular complexity index is 741. The summed E-state index contributed by atoms with van der Waals surface area (Å²) in [6.45, 7) is 0.400. The first-order valence-electron chi connectivity index (χ1n) is 6.58. The van der Waals surface area contributed by atoms with E-state index in [1.54, 1.807) is 0 Å². The summed E-state index contributed by atoms with van der Waals surface area (Å²) in [5.74, 6) is -0.262. The van der Waals surface area contributed by atoms with Gasteiger partial charge in [0.05, 0.1) is 12.7 Å². The van der Waals surface area contributed by atoms with Gasteiger partial charge in [0.15, 0.2) is 0 Å². The molecular formula is C15H13N3O2S2. The Hall–Kier alpha value is -2.09. The maximum Gasteiger partial charge on any atom is 0.271 e. The van der Waals surface area contributed by atoms with Crippen LogP contribution in [-0.4, -0.2) is 21.0 Å². The van der Waals surface area contributed by atoms with E-state index in [0.717, 1.165) is 14.6 Å². The smallest absolute Gasteiger partial charge is 0.271 e. The summed E-state index contributed by atoms with van der Waals surface area (Å²) in [5.41, 5.74) is 0.290. The van der Waals surface area contributed by atoms with Crippen LogP contribution in [-0.2, 0) is 6.54 Å². The highest BCUT2D eigenvalue weighted by Gasteiger charge is 2.14. The molecule has 0 aliphatic rings. The molecule has 3 aromatic heterocycles. The number of aliphatic hydroxyl groups is 1. The van der Waals surface area contributed by atoms with Crippen LogP contribution < -0.4 is 5.32 Å². The van der Waals surface area contributed by atoms with Gasteiger partial charge >= 0.3 is 0 Å². The molecule has 0 radical (unpaired) electrons. The predicted octanol–water partition coefficient (Wildman–Crippen LogP) is 2.61. The van der Waals surface area contributed by atoms with E-state index in [-0.39, 0.29) is 11.6 Å². The fraction of sp³-hybridized carbons (Fsp3) is 0.133. The van der Waals surface area contributed by atoms with Crippen molar-refractivity contribution >= 4 is 28.6 Å². The lowest BCUT2D eigenvalue weighted by Gasteiger charge is -2.05. The van der Waals surface area contributed by atoms with Crippen molar-refractivity contribution < 1.29 is 9.90 Å². The summed E-state index contributed by atoms with van der Waals surface area (Å²) in [7, 11) is 0. The molecule has 0 spiro atoms. The van der Waals surface area contributed by atoms with Crippen LogP contribution in [0.2, 0.25) is 0 Å². The van der Waals surface area contributed by atoms with Gasteiger partial charge in [-0.1, -0.05) is 6.07 Å². The molecule has 7 heteroatoms. The minimum absolute atomic E-state index is 0.262. The van der Waals surface area contributed by atoms with Crippen molar-refractivity contribution in [2.24, 2.45) is 0 Å². The van der Waals surface area contributed by atoms with Gasteiger partial charge in [-0.2, -0.15) is 0 Å². The summed E-state index contributed by atoms with van der Waals surface area (Å²) >= 11 is 3.00. The van der Waals surface area contributed by atoms with Gasteiger partial charge in [0.1, 0.15) is 11.8 Å². The third kappa shape index (κ3) is 3.38. The maximum absolute atomic E-state index is 11.9. The van der Waals surface area contributed by atoms with Crippen molar-refractivity contribution in [2.45, 2.75) is 12.6 Å². The Morgan fingerprint density at radius 1 is 1.27 bits per heavy atom. The molecule has 3 aromatic rings. The van der Waals surface area contributed by atoms with E-state index in [2.05, 4.69) is 15.3 Å². The summed E-state index contributed by atoms with van der Waals surface area (Å²) in [6, 6.07) is 7.62. The Morgan fingerprint density at radius 3 is 2.91 bits per heavy atom. The Labute approximate surface area is 135 Å². The standard InChI is InChI=1S/C15H13N3O2S2/c19-14(12-2-1-7-21-12)13-4-3-10(22-13)8-18-15(20)11-9-16-5-6-17-11/h1-7,9,14,19H,8H2,(H,18,20). The molecule has 3 heterocycles. The molecule has 0 bridgehead atoms. The van der Waals surface area contributed by atoms with E-state index in [0.29, 0.717) is 6.54 Å². The largest absolute Gasteiger partial charge is 0.382 e. The van der Waals surface area contributed by atoms with Crippen molar-refractivity contribution in [2.75, 3.05) is 0 Å². The molecule has 2 N–H and O–H groups in total. The van der Waals surface area contributed by atoms with Gasteiger partial charge in [0.2, 0.25) is 0 Å². The molecule has 0 saturated carbocycles. The number of carbonyl (C=O) groups is 1. The summed E-state index contributed by atoms with van der Waals surface area (Å²) < 4.78 is 0. The molecule has 3 rings (SSSR count). The van der Waals surface area contributed by atoms with Gasteiger partial charge in [-0.25, -0.2) is 4.98 Å². The number of aromatic nitrogens is 2. The maximum atomic E-state index is 11.9.